The fraction of sp³-hybridized carbons (Fsp3) is 0.0769. The standard InChI is InChI=1S/C13H9ClFNO3/c1-19-11-6-7(15)2-3-8(11)10-5-4-9(13(17)18)12(14)16-10/h2-6H,1H3,(H,17,18). The van der Waals surface area contributed by atoms with E-state index in [-0.39, 0.29) is 10.7 Å². The number of halogens is 2. The fourth-order valence-corrected chi connectivity index (χ4v) is 1.86. The van der Waals surface area contributed by atoms with Gasteiger partial charge in [0.2, 0.25) is 0 Å². The molecular weight excluding hydrogens is 273 g/mol. The molecule has 0 radical (unpaired) electrons. The number of benzene rings is 1. The zero-order valence-corrected chi connectivity index (χ0v) is 10.6. The molecule has 0 saturated heterocycles. The van der Waals surface area contributed by atoms with E-state index in [0.29, 0.717) is 17.0 Å². The van der Waals surface area contributed by atoms with Crippen LogP contribution in [0.1, 0.15) is 10.4 Å². The lowest BCUT2D eigenvalue weighted by atomic mass is 10.1. The molecule has 0 fully saturated rings. The highest BCUT2D eigenvalue weighted by Crippen LogP contribution is 2.30. The van der Waals surface area contributed by atoms with Crippen molar-refractivity contribution in [3.05, 3.63) is 46.9 Å². The quantitative estimate of drug-likeness (QED) is 0.878. The number of nitrogens with zero attached hydrogens (tertiary/aromatic N) is 1. The molecule has 0 unspecified atom stereocenters. The van der Waals surface area contributed by atoms with Gasteiger partial charge >= 0.3 is 5.97 Å². The molecule has 2 aromatic rings. The van der Waals surface area contributed by atoms with E-state index in [0.717, 1.165) is 0 Å². The van der Waals surface area contributed by atoms with E-state index in [2.05, 4.69) is 4.98 Å². The van der Waals surface area contributed by atoms with Crippen molar-refractivity contribution in [2.45, 2.75) is 0 Å². The molecule has 4 nitrogen and oxygen atoms in total. The second-order valence-electron chi connectivity index (χ2n) is 3.68. The van der Waals surface area contributed by atoms with Gasteiger partial charge in [0, 0.05) is 11.6 Å². The Kier molecular flexibility index (Phi) is 3.66. The van der Waals surface area contributed by atoms with Gasteiger partial charge in [-0.2, -0.15) is 0 Å². The summed E-state index contributed by atoms with van der Waals surface area (Å²) in [6.45, 7) is 0. The van der Waals surface area contributed by atoms with Gasteiger partial charge in [0.1, 0.15) is 16.7 Å². The zero-order valence-electron chi connectivity index (χ0n) is 9.85. The first-order valence-corrected chi connectivity index (χ1v) is 5.64. The number of hydrogen-bond acceptors (Lipinski definition) is 3. The van der Waals surface area contributed by atoms with Gasteiger partial charge in [-0.25, -0.2) is 14.2 Å². The lowest BCUT2D eigenvalue weighted by Crippen LogP contribution is -2.00. The summed E-state index contributed by atoms with van der Waals surface area (Å²) in [6.07, 6.45) is 0. The Morgan fingerprint density at radius 1 is 1.37 bits per heavy atom. The summed E-state index contributed by atoms with van der Waals surface area (Å²) in [4.78, 5) is 14.8. The van der Waals surface area contributed by atoms with Crippen molar-refractivity contribution in [2.75, 3.05) is 7.11 Å². The average molecular weight is 282 g/mol. The Balaban J connectivity index is 2.54. The first-order chi connectivity index (χ1) is 9.02. The summed E-state index contributed by atoms with van der Waals surface area (Å²) in [5.41, 5.74) is 0.848. The summed E-state index contributed by atoms with van der Waals surface area (Å²) in [7, 11) is 1.41. The van der Waals surface area contributed by atoms with Crippen LogP contribution in [0, 0.1) is 5.82 Å². The maximum absolute atomic E-state index is 13.1. The van der Waals surface area contributed by atoms with Crippen LogP contribution >= 0.6 is 11.6 Å². The number of aromatic carboxylic acids is 1. The van der Waals surface area contributed by atoms with Crippen LogP contribution in [0.15, 0.2) is 30.3 Å². The number of rotatable bonds is 3. The second-order valence-corrected chi connectivity index (χ2v) is 4.04. The Bertz CT molecular complexity index is 646. The second kappa shape index (κ2) is 5.24. The molecule has 0 amide bonds. The molecule has 98 valence electrons. The molecule has 0 aliphatic rings. The number of carboxylic acid groups (broad SMARTS) is 1. The molecule has 1 heterocycles. The van der Waals surface area contributed by atoms with Crippen LogP contribution in [0.4, 0.5) is 4.39 Å². The van der Waals surface area contributed by atoms with Gasteiger partial charge < -0.3 is 9.84 Å². The Morgan fingerprint density at radius 2 is 2.11 bits per heavy atom. The molecule has 2 rings (SSSR count). The van der Waals surface area contributed by atoms with Crippen LogP contribution in [0.3, 0.4) is 0 Å². The summed E-state index contributed by atoms with van der Waals surface area (Å²) < 4.78 is 18.2. The predicted molar refractivity (Wildman–Crippen MR) is 68.2 cm³/mol. The molecule has 0 aliphatic carbocycles. The molecule has 19 heavy (non-hydrogen) atoms. The first kappa shape index (κ1) is 13.3. The van der Waals surface area contributed by atoms with E-state index in [1.165, 1.54) is 37.4 Å². The van der Waals surface area contributed by atoms with Crippen LogP contribution in [-0.4, -0.2) is 23.2 Å². The third kappa shape index (κ3) is 2.66. The molecule has 1 aromatic heterocycles. The minimum absolute atomic E-state index is 0.0912. The van der Waals surface area contributed by atoms with Gasteiger partial charge in [0.05, 0.1) is 18.4 Å². The first-order valence-electron chi connectivity index (χ1n) is 5.26. The number of pyridine rings is 1. The van der Waals surface area contributed by atoms with Crippen LogP contribution < -0.4 is 4.74 Å². The van der Waals surface area contributed by atoms with E-state index in [1.54, 1.807) is 0 Å². The van der Waals surface area contributed by atoms with Crippen molar-refractivity contribution in [3.8, 4) is 17.0 Å². The Hall–Kier alpha value is -2.14. The number of carbonyl (C=O) groups is 1. The maximum atomic E-state index is 13.1. The highest BCUT2D eigenvalue weighted by atomic mass is 35.5. The number of ether oxygens (including phenoxy) is 1. The lowest BCUT2D eigenvalue weighted by Gasteiger charge is -2.09. The number of hydrogen-bond donors (Lipinski definition) is 1. The van der Waals surface area contributed by atoms with Crippen LogP contribution in [0.5, 0.6) is 5.75 Å². The van der Waals surface area contributed by atoms with Crippen molar-refractivity contribution in [1.82, 2.24) is 4.98 Å². The van der Waals surface area contributed by atoms with Crippen molar-refractivity contribution in [1.29, 1.82) is 0 Å². The smallest absolute Gasteiger partial charge is 0.338 e. The Labute approximate surface area is 113 Å². The van der Waals surface area contributed by atoms with E-state index in [4.69, 9.17) is 21.4 Å². The third-order valence-electron chi connectivity index (χ3n) is 2.52. The van der Waals surface area contributed by atoms with E-state index < -0.39 is 11.8 Å². The number of aromatic nitrogens is 1. The minimum atomic E-state index is -1.16. The third-order valence-corrected chi connectivity index (χ3v) is 2.81. The van der Waals surface area contributed by atoms with Crippen molar-refractivity contribution < 1.29 is 19.0 Å². The number of carboxylic acids is 1. The van der Waals surface area contributed by atoms with E-state index in [9.17, 15) is 9.18 Å². The average Bonchev–Trinajstić information content (AvgIpc) is 2.37. The lowest BCUT2D eigenvalue weighted by molar-refractivity contribution is 0.0696. The Morgan fingerprint density at radius 3 is 2.68 bits per heavy atom. The molecule has 0 bridgehead atoms. The molecule has 0 atom stereocenters. The van der Waals surface area contributed by atoms with Gasteiger partial charge in [-0.3, -0.25) is 0 Å². The summed E-state index contributed by atoms with van der Waals surface area (Å²) in [6, 6.07) is 6.81. The fourth-order valence-electron chi connectivity index (χ4n) is 1.62. The molecule has 1 N–H and O–H groups in total. The molecule has 0 aliphatic heterocycles. The van der Waals surface area contributed by atoms with Crippen LogP contribution in [0.2, 0.25) is 5.15 Å². The van der Waals surface area contributed by atoms with Crippen LogP contribution in [-0.2, 0) is 0 Å². The molecule has 6 heteroatoms. The zero-order chi connectivity index (χ0) is 14.0. The van der Waals surface area contributed by atoms with Crippen molar-refractivity contribution >= 4 is 17.6 Å². The molecule has 0 saturated carbocycles. The summed E-state index contributed by atoms with van der Waals surface area (Å²) in [5, 5.41) is 8.74. The molecule has 1 aromatic carbocycles. The maximum Gasteiger partial charge on any atom is 0.338 e. The highest BCUT2D eigenvalue weighted by molar-refractivity contribution is 6.32. The van der Waals surface area contributed by atoms with Gasteiger partial charge in [-0.15, -0.1) is 0 Å². The summed E-state index contributed by atoms with van der Waals surface area (Å²) in [5.74, 6) is -1.30. The van der Waals surface area contributed by atoms with E-state index >= 15 is 0 Å². The van der Waals surface area contributed by atoms with Crippen molar-refractivity contribution in [3.63, 3.8) is 0 Å². The normalized spacial score (nSPS) is 10.3. The largest absolute Gasteiger partial charge is 0.496 e. The van der Waals surface area contributed by atoms with Gasteiger partial charge in [0.15, 0.2) is 0 Å². The highest BCUT2D eigenvalue weighted by Gasteiger charge is 2.14. The van der Waals surface area contributed by atoms with Crippen molar-refractivity contribution in [2.24, 2.45) is 0 Å². The minimum Gasteiger partial charge on any atom is -0.496 e. The van der Waals surface area contributed by atoms with Gasteiger partial charge in [0.25, 0.3) is 0 Å². The van der Waals surface area contributed by atoms with Gasteiger partial charge in [-0.05, 0) is 24.3 Å². The predicted octanol–water partition coefficient (Wildman–Crippen LogP) is 3.25. The monoisotopic (exact) mass is 281 g/mol. The topological polar surface area (TPSA) is 59.4 Å². The number of methoxy groups -OCH3 is 1. The molecular formula is C13H9ClFNO3. The SMILES string of the molecule is COc1cc(F)ccc1-c1ccc(C(=O)O)c(Cl)n1. The molecule has 0 spiro atoms. The van der Waals surface area contributed by atoms with Gasteiger partial charge in [-0.1, -0.05) is 11.6 Å². The van der Waals surface area contributed by atoms with E-state index in [1.807, 2.05) is 0 Å². The van der Waals surface area contributed by atoms with Crippen LogP contribution in [0.25, 0.3) is 11.3 Å². The summed E-state index contributed by atoms with van der Waals surface area (Å²) >= 11 is 5.79.